The summed E-state index contributed by atoms with van der Waals surface area (Å²) in [5.74, 6) is 1.08. The summed E-state index contributed by atoms with van der Waals surface area (Å²) >= 11 is 5.91. The van der Waals surface area contributed by atoms with Gasteiger partial charge >= 0.3 is 0 Å². The van der Waals surface area contributed by atoms with Crippen molar-refractivity contribution in [3.63, 3.8) is 0 Å². The first kappa shape index (κ1) is 24.0. The Bertz CT molecular complexity index is 1140. The minimum absolute atomic E-state index is 0.0969. The van der Waals surface area contributed by atoms with E-state index in [1.165, 1.54) is 28.6 Å². The van der Waals surface area contributed by atoms with Crippen molar-refractivity contribution in [1.82, 2.24) is 9.21 Å². The number of carbonyl (C=O) groups is 1. The summed E-state index contributed by atoms with van der Waals surface area (Å²) in [6.07, 6.45) is 0. The Morgan fingerprint density at radius 1 is 0.969 bits per heavy atom. The second-order valence-corrected chi connectivity index (χ2v) is 10.2. The first-order valence-electron chi connectivity index (χ1n) is 10.3. The van der Waals surface area contributed by atoms with Gasteiger partial charge in [-0.15, -0.1) is 0 Å². The van der Waals surface area contributed by atoms with E-state index in [9.17, 15) is 13.2 Å². The van der Waals surface area contributed by atoms with Crippen LogP contribution in [-0.4, -0.2) is 36.1 Å². The Kier molecular flexibility index (Phi) is 7.77. The van der Waals surface area contributed by atoms with Crippen LogP contribution >= 0.6 is 11.6 Å². The van der Waals surface area contributed by atoms with Crippen molar-refractivity contribution in [3.05, 3.63) is 88.8 Å². The summed E-state index contributed by atoms with van der Waals surface area (Å²) < 4.78 is 33.4. The first-order valence-corrected chi connectivity index (χ1v) is 12.1. The molecule has 2 aromatic carbocycles. The third-order valence-corrected chi connectivity index (χ3v) is 7.29. The molecule has 1 amide bonds. The lowest BCUT2D eigenvalue weighted by molar-refractivity contribution is -0.133. The number of sulfonamides is 1. The van der Waals surface area contributed by atoms with Crippen LogP contribution in [0.5, 0.6) is 0 Å². The van der Waals surface area contributed by atoms with Gasteiger partial charge in [-0.3, -0.25) is 4.79 Å². The number of halogens is 1. The van der Waals surface area contributed by atoms with Gasteiger partial charge in [-0.1, -0.05) is 41.9 Å². The van der Waals surface area contributed by atoms with Crippen molar-refractivity contribution in [3.8, 4) is 0 Å². The van der Waals surface area contributed by atoms with Crippen LogP contribution in [0.4, 0.5) is 0 Å². The molecule has 6 nitrogen and oxygen atoms in total. The molecular formula is C24H27ClN2O4S. The summed E-state index contributed by atoms with van der Waals surface area (Å²) in [6.45, 7) is 5.64. The molecule has 3 aromatic rings. The molecule has 32 heavy (non-hydrogen) atoms. The summed E-state index contributed by atoms with van der Waals surface area (Å²) in [6, 6.07) is 18.8. The third kappa shape index (κ3) is 6.00. The van der Waals surface area contributed by atoms with Crippen LogP contribution in [0.15, 0.2) is 76.0 Å². The molecule has 0 aliphatic heterocycles. The summed E-state index contributed by atoms with van der Waals surface area (Å²) in [5, 5.41) is 0.443. The SMILES string of the molecule is Cc1ccc(CN(Cc2ccccc2)C(=O)CN(C(C)C)S(=O)(=O)c2ccc(Cl)cc2)o1. The average Bonchev–Trinajstić information content (AvgIpc) is 3.16. The van der Waals surface area contributed by atoms with Crippen molar-refractivity contribution in [2.24, 2.45) is 0 Å². The molecule has 0 radical (unpaired) electrons. The van der Waals surface area contributed by atoms with E-state index in [0.717, 1.165) is 11.3 Å². The van der Waals surface area contributed by atoms with Crippen LogP contribution in [-0.2, 0) is 27.9 Å². The maximum Gasteiger partial charge on any atom is 0.243 e. The number of aryl methyl sites for hydroxylation is 1. The van der Waals surface area contributed by atoms with E-state index in [1.54, 1.807) is 18.7 Å². The monoisotopic (exact) mass is 474 g/mol. The Morgan fingerprint density at radius 3 is 2.19 bits per heavy atom. The summed E-state index contributed by atoms with van der Waals surface area (Å²) in [4.78, 5) is 15.1. The number of hydrogen-bond acceptors (Lipinski definition) is 4. The highest BCUT2D eigenvalue weighted by molar-refractivity contribution is 7.89. The fourth-order valence-electron chi connectivity index (χ4n) is 3.31. The van der Waals surface area contributed by atoms with Crippen LogP contribution in [0.1, 0.15) is 30.9 Å². The zero-order chi connectivity index (χ0) is 23.3. The average molecular weight is 475 g/mol. The molecule has 0 unspecified atom stereocenters. The van der Waals surface area contributed by atoms with E-state index < -0.39 is 16.1 Å². The topological polar surface area (TPSA) is 70.8 Å². The minimum atomic E-state index is -3.88. The molecule has 0 aliphatic carbocycles. The maximum atomic E-state index is 13.4. The third-order valence-electron chi connectivity index (χ3n) is 5.00. The number of benzene rings is 2. The quantitative estimate of drug-likeness (QED) is 0.443. The van der Waals surface area contributed by atoms with Crippen LogP contribution in [0.3, 0.4) is 0 Å². The molecule has 1 heterocycles. The first-order chi connectivity index (χ1) is 15.2. The molecule has 0 atom stereocenters. The van der Waals surface area contributed by atoms with E-state index in [-0.39, 0.29) is 23.9 Å². The zero-order valence-corrected chi connectivity index (χ0v) is 19.9. The van der Waals surface area contributed by atoms with Crippen LogP contribution < -0.4 is 0 Å². The lowest BCUT2D eigenvalue weighted by Crippen LogP contribution is -2.45. The number of hydrogen-bond donors (Lipinski definition) is 0. The van der Waals surface area contributed by atoms with E-state index in [4.69, 9.17) is 16.0 Å². The van der Waals surface area contributed by atoms with Crippen molar-refractivity contribution < 1.29 is 17.6 Å². The largest absolute Gasteiger partial charge is 0.464 e. The van der Waals surface area contributed by atoms with Gasteiger partial charge in [-0.2, -0.15) is 4.31 Å². The lowest BCUT2D eigenvalue weighted by atomic mass is 10.2. The summed E-state index contributed by atoms with van der Waals surface area (Å²) in [5.41, 5.74) is 0.945. The van der Waals surface area contributed by atoms with Crippen molar-refractivity contribution in [1.29, 1.82) is 0 Å². The molecule has 8 heteroatoms. The molecular weight excluding hydrogens is 448 g/mol. The highest BCUT2D eigenvalue weighted by Gasteiger charge is 2.31. The molecule has 0 fully saturated rings. The Labute approximate surface area is 194 Å². The fourth-order valence-corrected chi connectivity index (χ4v) is 5.03. The molecule has 1 aromatic heterocycles. The lowest BCUT2D eigenvalue weighted by Gasteiger charge is -2.29. The predicted octanol–water partition coefficient (Wildman–Crippen LogP) is 4.87. The van der Waals surface area contributed by atoms with Crippen LogP contribution in [0.25, 0.3) is 0 Å². The number of nitrogens with zero attached hydrogens (tertiary/aromatic N) is 2. The van der Waals surface area contributed by atoms with Gasteiger partial charge in [-0.05, 0) is 62.7 Å². The van der Waals surface area contributed by atoms with Gasteiger partial charge in [0, 0.05) is 17.6 Å². The normalized spacial score (nSPS) is 11.8. The molecule has 170 valence electrons. The van der Waals surface area contributed by atoms with E-state index in [2.05, 4.69) is 0 Å². The van der Waals surface area contributed by atoms with Gasteiger partial charge in [0.25, 0.3) is 0 Å². The van der Waals surface area contributed by atoms with Crippen molar-refractivity contribution in [2.75, 3.05) is 6.54 Å². The second-order valence-electron chi connectivity index (χ2n) is 7.85. The molecule has 0 saturated heterocycles. The van der Waals surface area contributed by atoms with Gasteiger partial charge in [0.2, 0.25) is 15.9 Å². The second kappa shape index (κ2) is 10.3. The molecule has 0 spiro atoms. The molecule has 0 bridgehead atoms. The van der Waals surface area contributed by atoms with Crippen molar-refractivity contribution in [2.45, 2.75) is 44.8 Å². The summed E-state index contributed by atoms with van der Waals surface area (Å²) in [7, 11) is -3.88. The van der Waals surface area contributed by atoms with E-state index in [0.29, 0.717) is 17.3 Å². The van der Waals surface area contributed by atoms with E-state index in [1.807, 2.05) is 49.4 Å². The predicted molar refractivity (Wildman–Crippen MR) is 125 cm³/mol. The molecule has 0 N–H and O–H groups in total. The van der Waals surface area contributed by atoms with Crippen LogP contribution in [0.2, 0.25) is 5.02 Å². The Morgan fingerprint density at radius 2 is 1.62 bits per heavy atom. The highest BCUT2D eigenvalue weighted by Crippen LogP contribution is 2.21. The highest BCUT2D eigenvalue weighted by atomic mass is 35.5. The number of rotatable bonds is 9. The molecule has 0 saturated carbocycles. The van der Waals surface area contributed by atoms with Crippen molar-refractivity contribution >= 4 is 27.5 Å². The Balaban J connectivity index is 1.86. The van der Waals surface area contributed by atoms with Gasteiger partial charge in [0.15, 0.2) is 0 Å². The smallest absolute Gasteiger partial charge is 0.243 e. The number of furan rings is 1. The fraction of sp³-hybridized carbons (Fsp3) is 0.292. The van der Waals surface area contributed by atoms with E-state index >= 15 is 0 Å². The standard InChI is InChI=1S/C24H27ClN2O4S/c1-18(2)27(32(29,30)23-13-10-21(25)11-14-23)17-24(28)26(15-20-7-5-4-6-8-20)16-22-12-9-19(3)31-22/h4-14,18H,15-17H2,1-3H3. The van der Waals surface area contributed by atoms with Gasteiger partial charge in [0.05, 0.1) is 18.0 Å². The van der Waals surface area contributed by atoms with Crippen LogP contribution in [0, 0.1) is 6.92 Å². The zero-order valence-electron chi connectivity index (χ0n) is 18.4. The van der Waals surface area contributed by atoms with Gasteiger partial charge < -0.3 is 9.32 Å². The van der Waals surface area contributed by atoms with Gasteiger partial charge in [0.1, 0.15) is 11.5 Å². The van der Waals surface area contributed by atoms with Gasteiger partial charge in [-0.25, -0.2) is 8.42 Å². The number of carbonyl (C=O) groups excluding carboxylic acids is 1. The Hall–Kier alpha value is -2.61. The molecule has 0 aliphatic rings. The molecule has 3 rings (SSSR count). The number of amides is 1. The minimum Gasteiger partial charge on any atom is -0.464 e. The maximum absolute atomic E-state index is 13.4.